The van der Waals surface area contributed by atoms with Crippen molar-refractivity contribution in [3.8, 4) is 5.75 Å². The van der Waals surface area contributed by atoms with Crippen LogP contribution in [0, 0.1) is 5.92 Å². The SMILES string of the molecule is O=C1CN2Cc3ccc(OCCCCCC(=O)NC4CCC5CCCCC5N4)cc3N=C2N1. The fourth-order valence-electron chi connectivity index (χ4n) is 5.54. The summed E-state index contributed by atoms with van der Waals surface area (Å²) in [5.41, 5.74) is 1.95. The summed E-state index contributed by atoms with van der Waals surface area (Å²) in [5, 5.41) is 9.65. The van der Waals surface area contributed by atoms with Crippen LogP contribution in [0.3, 0.4) is 0 Å². The van der Waals surface area contributed by atoms with E-state index in [9.17, 15) is 9.59 Å². The van der Waals surface area contributed by atoms with Gasteiger partial charge in [0.15, 0.2) is 0 Å². The van der Waals surface area contributed by atoms with Crippen LogP contribution in [0.4, 0.5) is 5.69 Å². The molecule has 3 heterocycles. The van der Waals surface area contributed by atoms with Crippen LogP contribution < -0.4 is 20.7 Å². The Kier molecular flexibility index (Phi) is 6.80. The highest BCUT2D eigenvalue weighted by atomic mass is 16.5. The lowest BCUT2D eigenvalue weighted by Gasteiger charge is -2.40. The fraction of sp³-hybridized carbons (Fsp3) is 0.640. The van der Waals surface area contributed by atoms with Gasteiger partial charge in [-0.1, -0.05) is 18.9 Å². The quantitative estimate of drug-likeness (QED) is 0.526. The number of piperidine rings is 1. The molecule has 2 saturated heterocycles. The Bertz CT molecular complexity index is 917. The van der Waals surface area contributed by atoms with Crippen LogP contribution in [0.2, 0.25) is 0 Å². The van der Waals surface area contributed by atoms with E-state index in [4.69, 9.17) is 4.74 Å². The van der Waals surface area contributed by atoms with Gasteiger partial charge >= 0.3 is 0 Å². The zero-order valence-corrected chi connectivity index (χ0v) is 19.3. The molecule has 8 nitrogen and oxygen atoms in total. The van der Waals surface area contributed by atoms with E-state index in [0.717, 1.165) is 48.6 Å². The number of amides is 2. The van der Waals surface area contributed by atoms with Gasteiger partial charge in [-0.25, -0.2) is 4.99 Å². The van der Waals surface area contributed by atoms with Crippen molar-refractivity contribution in [2.75, 3.05) is 13.2 Å². The molecule has 0 radical (unpaired) electrons. The third kappa shape index (κ3) is 5.49. The molecule has 0 aromatic heterocycles. The topological polar surface area (TPSA) is 95.1 Å². The standard InChI is InChI=1S/C25H35N5O3/c31-23(28-22-12-10-17-6-3-4-7-20(17)26-22)8-2-1-5-13-33-19-11-9-18-15-30-16-24(32)29-25(30)27-21(18)14-19/h9,11,14,17,20,22,26H,1-8,10,12-13,15-16H2,(H,28,31)(H,27,29,32). The van der Waals surface area contributed by atoms with Crippen molar-refractivity contribution in [1.29, 1.82) is 0 Å². The zero-order valence-electron chi connectivity index (χ0n) is 19.3. The van der Waals surface area contributed by atoms with Crippen LogP contribution in [-0.4, -0.2) is 48.0 Å². The van der Waals surface area contributed by atoms with Crippen molar-refractivity contribution in [2.24, 2.45) is 10.9 Å². The highest BCUT2D eigenvalue weighted by Crippen LogP contribution is 2.32. The second kappa shape index (κ2) is 10.1. The lowest BCUT2D eigenvalue weighted by molar-refractivity contribution is -0.122. The second-order valence-electron chi connectivity index (χ2n) is 9.80. The molecule has 3 unspecified atom stereocenters. The molecule has 1 aromatic carbocycles. The van der Waals surface area contributed by atoms with Gasteiger partial charge in [-0.15, -0.1) is 0 Å². The first-order valence-electron chi connectivity index (χ1n) is 12.6. The Balaban J connectivity index is 0.977. The number of nitrogens with one attached hydrogen (secondary N) is 3. The molecule has 5 rings (SSSR count). The molecule has 1 aromatic rings. The molecular formula is C25H35N5O3. The summed E-state index contributed by atoms with van der Waals surface area (Å²) in [6.45, 7) is 1.67. The van der Waals surface area contributed by atoms with Crippen LogP contribution >= 0.6 is 0 Å². The van der Waals surface area contributed by atoms with Crippen molar-refractivity contribution >= 4 is 23.5 Å². The van der Waals surface area contributed by atoms with Gasteiger partial charge in [0, 0.05) is 25.1 Å². The second-order valence-corrected chi connectivity index (χ2v) is 9.80. The maximum absolute atomic E-state index is 12.3. The molecule has 3 atom stereocenters. The zero-order chi connectivity index (χ0) is 22.6. The minimum Gasteiger partial charge on any atom is -0.494 e. The van der Waals surface area contributed by atoms with Crippen molar-refractivity contribution in [1.82, 2.24) is 20.9 Å². The largest absolute Gasteiger partial charge is 0.494 e. The number of unbranched alkanes of at least 4 members (excludes halogenated alkanes) is 2. The summed E-state index contributed by atoms with van der Waals surface area (Å²) in [4.78, 5) is 30.4. The third-order valence-corrected chi connectivity index (χ3v) is 7.33. The monoisotopic (exact) mass is 453 g/mol. The van der Waals surface area contributed by atoms with Crippen LogP contribution in [0.15, 0.2) is 23.2 Å². The fourth-order valence-corrected chi connectivity index (χ4v) is 5.54. The molecule has 0 bridgehead atoms. The maximum Gasteiger partial charge on any atom is 0.246 e. The van der Waals surface area contributed by atoms with Crippen LogP contribution in [0.25, 0.3) is 0 Å². The predicted octanol–water partition coefficient (Wildman–Crippen LogP) is 2.94. The first kappa shape index (κ1) is 22.2. The minimum absolute atomic E-state index is 0.0143. The van der Waals surface area contributed by atoms with Crippen LogP contribution in [0.5, 0.6) is 5.75 Å². The van der Waals surface area contributed by atoms with E-state index >= 15 is 0 Å². The summed E-state index contributed by atoms with van der Waals surface area (Å²) >= 11 is 0. The van der Waals surface area contributed by atoms with Crippen LogP contribution in [-0.2, 0) is 16.1 Å². The first-order chi connectivity index (χ1) is 16.1. The maximum atomic E-state index is 12.3. The van der Waals surface area contributed by atoms with Gasteiger partial charge in [0.05, 0.1) is 18.5 Å². The molecular weight excluding hydrogens is 418 g/mol. The molecule has 0 spiro atoms. The normalized spacial score (nSPS) is 25.9. The van der Waals surface area contributed by atoms with Gasteiger partial charge in [0.2, 0.25) is 17.8 Å². The van der Waals surface area contributed by atoms with Crippen molar-refractivity contribution in [3.63, 3.8) is 0 Å². The molecule has 1 aliphatic carbocycles. The van der Waals surface area contributed by atoms with Gasteiger partial charge in [-0.2, -0.15) is 0 Å². The van der Waals surface area contributed by atoms with E-state index in [1.807, 2.05) is 23.1 Å². The van der Waals surface area contributed by atoms with E-state index in [-0.39, 0.29) is 18.0 Å². The Morgan fingerprint density at radius 1 is 1.12 bits per heavy atom. The molecule has 33 heavy (non-hydrogen) atoms. The van der Waals surface area contributed by atoms with Gasteiger partial charge in [-0.05, 0) is 62.5 Å². The number of carbonyl (C=O) groups is 2. The summed E-state index contributed by atoms with van der Waals surface area (Å²) in [7, 11) is 0. The Hall–Kier alpha value is -2.61. The number of carbonyl (C=O) groups excluding carboxylic acids is 2. The lowest BCUT2D eigenvalue weighted by Crippen LogP contribution is -2.56. The minimum atomic E-state index is -0.0143. The number of fused-ring (bicyclic) bond motifs is 3. The first-order valence-corrected chi connectivity index (χ1v) is 12.6. The Morgan fingerprint density at radius 3 is 2.97 bits per heavy atom. The summed E-state index contributed by atoms with van der Waals surface area (Å²) in [6.07, 6.45) is 11.0. The summed E-state index contributed by atoms with van der Waals surface area (Å²) in [6, 6.07) is 6.52. The van der Waals surface area contributed by atoms with Crippen molar-refractivity contribution in [2.45, 2.75) is 83.0 Å². The molecule has 3 N–H and O–H groups in total. The molecule has 8 heteroatoms. The van der Waals surface area contributed by atoms with E-state index in [1.54, 1.807) is 0 Å². The van der Waals surface area contributed by atoms with Crippen molar-refractivity contribution < 1.29 is 14.3 Å². The predicted molar refractivity (Wildman–Crippen MR) is 126 cm³/mol. The van der Waals surface area contributed by atoms with E-state index in [1.165, 1.54) is 32.1 Å². The molecule has 2 amide bonds. The van der Waals surface area contributed by atoms with E-state index in [2.05, 4.69) is 20.9 Å². The number of rotatable bonds is 8. The van der Waals surface area contributed by atoms with Gasteiger partial charge in [0.1, 0.15) is 12.3 Å². The third-order valence-electron chi connectivity index (χ3n) is 7.33. The molecule has 178 valence electrons. The number of benzene rings is 1. The number of guanidine groups is 1. The van der Waals surface area contributed by atoms with Gasteiger partial charge < -0.3 is 15.0 Å². The number of nitrogens with zero attached hydrogens (tertiary/aromatic N) is 2. The van der Waals surface area contributed by atoms with E-state index < -0.39 is 0 Å². The molecule has 3 fully saturated rings. The highest BCUT2D eigenvalue weighted by molar-refractivity contribution is 6.05. The van der Waals surface area contributed by atoms with Gasteiger partial charge in [0.25, 0.3) is 0 Å². The van der Waals surface area contributed by atoms with E-state index in [0.29, 0.717) is 38.1 Å². The summed E-state index contributed by atoms with van der Waals surface area (Å²) in [5.74, 6) is 2.37. The average molecular weight is 454 g/mol. The molecule has 3 aliphatic heterocycles. The Morgan fingerprint density at radius 2 is 2.03 bits per heavy atom. The molecule has 1 saturated carbocycles. The number of aliphatic imine (C=N–C) groups is 1. The average Bonchev–Trinajstić information content (AvgIpc) is 3.18. The van der Waals surface area contributed by atoms with Crippen molar-refractivity contribution in [3.05, 3.63) is 23.8 Å². The number of ether oxygens (including phenoxy) is 1. The Labute approximate surface area is 195 Å². The van der Waals surface area contributed by atoms with Gasteiger partial charge in [-0.3, -0.25) is 20.2 Å². The lowest BCUT2D eigenvalue weighted by atomic mass is 9.79. The molecule has 4 aliphatic rings. The smallest absolute Gasteiger partial charge is 0.246 e. The summed E-state index contributed by atoms with van der Waals surface area (Å²) < 4.78 is 5.90. The number of hydrogen-bond donors (Lipinski definition) is 3. The van der Waals surface area contributed by atoms with Crippen LogP contribution in [0.1, 0.15) is 69.8 Å². The highest BCUT2D eigenvalue weighted by Gasteiger charge is 2.32. The number of hydrogen-bond acceptors (Lipinski definition) is 6.